The highest BCUT2D eigenvalue weighted by Gasteiger charge is 2.35. The van der Waals surface area contributed by atoms with Gasteiger partial charge in [0.25, 0.3) is 0 Å². The molecule has 9 heteroatoms. The largest absolute Gasteiger partial charge is 0.573 e. The Labute approximate surface area is 196 Å². The number of carbonyl (C=O) groups excluding carboxylic acids is 1. The molecule has 1 amide bonds. The number of aryl methyl sites for hydroxylation is 1. The molecule has 0 saturated heterocycles. The number of halogens is 3. The third-order valence-electron chi connectivity index (χ3n) is 6.37. The van der Waals surface area contributed by atoms with Crippen LogP contribution in [0.3, 0.4) is 0 Å². The number of fused-ring (bicyclic) bond motifs is 1. The number of nitrogens with one attached hydrogen (secondary N) is 1. The van der Waals surface area contributed by atoms with Gasteiger partial charge in [0.15, 0.2) is 0 Å². The SMILES string of the molecule is Cc1cc2c(cc1C(N)=O)nc(Nc1ccc(OC(F)(F)F)cc1)n2C1C[C@H](C)CC(C)(C)C1. The van der Waals surface area contributed by atoms with Gasteiger partial charge in [-0.2, -0.15) is 0 Å². The molecule has 0 radical (unpaired) electrons. The van der Waals surface area contributed by atoms with Crippen molar-refractivity contribution in [1.82, 2.24) is 9.55 Å². The minimum Gasteiger partial charge on any atom is -0.406 e. The smallest absolute Gasteiger partial charge is 0.406 e. The fourth-order valence-electron chi connectivity index (χ4n) is 5.33. The van der Waals surface area contributed by atoms with E-state index >= 15 is 0 Å². The molecule has 0 spiro atoms. The van der Waals surface area contributed by atoms with Gasteiger partial charge in [-0.25, -0.2) is 4.98 Å². The van der Waals surface area contributed by atoms with Crippen LogP contribution in [0.4, 0.5) is 24.8 Å². The van der Waals surface area contributed by atoms with Crippen LogP contribution in [0.25, 0.3) is 11.0 Å². The van der Waals surface area contributed by atoms with Crippen molar-refractivity contribution < 1.29 is 22.7 Å². The molecule has 2 aromatic carbocycles. The molecule has 3 aromatic rings. The molecule has 2 atom stereocenters. The Hall–Kier alpha value is -3.23. The van der Waals surface area contributed by atoms with Crippen molar-refractivity contribution in [2.45, 2.75) is 59.4 Å². The Bertz CT molecular complexity index is 1220. The third kappa shape index (κ3) is 5.13. The van der Waals surface area contributed by atoms with Gasteiger partial charge in [0, 0.05) is 17.3 Å². The summed E-state index contributed by atoms with van der Waals surface area (Å²) in [4.78, 5) is 16.6. The van der Waals surface area contributed by atoms with E-state index in [9.17, 15) is 18.0 Å². The summed E-state index contributed by atoms with van der Waals surface area (Å²) in [6, 6.07) is 9.33. The minimum atomic E-state index is -4.75. The average Bonchev–Trinajstić information content (AvgIpc) is 3.02. The number of nitrogens with two attached hydrogens (primary N) is 1. The van der Waals surface area contributed by atoms with Gasteiger partial charge in [0.1, 0.15) is 5.75 Å². The van der Waals surface area contributed by atoms with Gasteiger partial charge in [0.2, 0.25) is 11.9 Å². The number of aromatic nitrogens is 2. The number of primary amides is 1. The molecule has 1 aromatic heterocycles. The fraction of sp³-hybridized carbons (Fsp3) is 0.440. The summed E-state index contributed by atoms with van der Waals surface area (Å²) in [6.07, 6.45) is -1.70. The molecule has 182 valence electrons. The van der Waals surface area contributed by atoms with Crippen LogP contribution in [0.1, 0.15) is 62.0 Å². The van der Waals surface area contributed by atoms with Crippen molar-refractivity contribution in [3.8, 4) is 5.75 Å². The van der Waals surface area contributed by atoms with E-state index in [1.807, 2.05) is 13.0 Å². The zero-order chi connectivity index (χ0) is 24.8. The van der Waals surface area contributed by atoms with Crippen molar-refractivity contribution in [1.29, 1.82) is 0 Å². The first-order valence-corrected chi connectivity index (χ1v) is 11.3. The number of carbonyl (C=O) groups is 1. The summed E-state index contributed by atoms with van der Waals surface area (Å²) in [7, 11) is 0. The number of nitrogens with zero attached hydrogens (tertiary/aromatic N) is 2. The second-order valence-corrected chi connectivity index (χ2v) is 10.1. The summed E-state index contributed by atoms with van der Waals surface area (Å²) in [6.45, 7) is 8.61. The van der Waals surface area contributed by atoms with Crippen molar-refractivity contribution >= 4 is 28.6 Å². The summed E-state index contributed by atoms with van der Waals surface area (Å²) in [5.41, 5.74) is 8.97. The molecule has 1 unspecified atom stereocenters. The van der Waals surface area contributed by atoms with E-state index in [4.69, 9.17) is 10.7 Å². The molecule has 1 fully saturated rings. The number of anilines is 2. The first-order chi connectivity index (χ1) is 15.8. The molecule has 34 heavy (non-hydrogen) atoms. The standard InChI is InChI=1S/C25H29F3N4O2/c1-14-9-17(13-24(3,4)12-14)32-21-10-15(2)19(22(29)33)11-20(21)31-23(32)30-16-5-7-18(8-6-16)34-25(26,27)28/h5-8,10-11,14,17H,9,12-13H2,1-4H3,(H2,29,33)(H,30,31)/t14-,17?/m0/s1. The average molecular weight is 475 g/mol. The number of ether oxygens (including phenoxy) is 1. The van der Waals surface area contributed by atoms with Gasteiger partial charge in [-0.1, -0.05) is 20.8 Å². The third-order valence-corrected chi connectivity index (χ3v) is 6.37. The van der Waals surface area contributed by atoms with Crippen LogP contribution in [0, 0.1) is 18.3 Å². The van der Waals surface area contributed by atoms with Crippen LogP contribution in [0.2, 0.25) is 0 Å². The van der Waals surface area contributed by atoms with Gasteiger partial charge in [-0.3, -0.25) is 4.79 Å². The van der Waals surface area contributed by atoms with Crippen LogP contribution in [-0.4, -0.2) is 21.8 Å². The summed E-state index contributed by atoms with van der Waals surface area (Å²) >= 11 is 0. The van der Waals surface area contributed by atoms with Crippen molar-refractivity contribution in [3.05, 3.63) is 47.5 Å². The number of amides is 1. The topological polar surface area (TPSA) is 82.2 Å². The Morgan fingerprint density at radius 3 is 2.47 bits per heavy atom. The van der Waals surface area contributed by atoms with Crippen LogP contribution in [-0.2, 0) is 0 Å². The van der Waals surface area contributed by atoms with E-state index in [0.717, 1.165) is 30.3 Å². The van der Waals surface area contributed by atoms with Gasteiger partial charge < -0.3 is 20.4 Å². The monoisotopic (exact) mass is 474 g/mol. The van der Waals surface area contributed by atoms with E-state index in [0.29, 0.717) is 28.6 Å². The first-order valence-electron chi connectivity index (χ1n) is 11.3. The van der Waals surface area contributed by atoms with Crippen molar-refractivity contribution in [2.75, 3.05) is 5.32 Å². The van der Waals surface area contributed by atoms with Crippen LogP contribution >= 0.6 is 0 Å². The molecular weight excluding hydrogens is 445 g/mol. The predicted molar refractivity (Wildman–Crippen MR) is 125 cm³/mol. The number of alkyl halides is 3. The maximum atomic E-state index is 12.5. The second-order valence-electron chi connectivity index (χ2n) is 10.1. The second kappa shape index (κ2) is 8.52. The van der Waals surface area contributed by atoms with E-state index in [-0.39, 0.29) is 17.2 Å². The molecule has 1 aliphatic rings. The first kappa shape index (κ1) is 23.9. The molecule has 3 N–H and O–H groups in total. The fourth-order valence-corrected chi connectivity index (χ4v) is 5.33. The summed E-state index contributed by atoms with van der Waals surface area (Å²) < 4.78 is 43.6. The molecule has 4 rings (SSSR count). The molecule has 1 heterocycles. The molecular formula is C25H29F3N4O2. The van der Waals surface area contributed by atoms with Crippen LogP contribution < -0.4 is 15.8 Å². The highest BCUT2D eigenvalue weighted by molar-refractivity contribution is 5.98. The van der Waals surface area contributed by atoms with E-state index in [2.05, 4.69) is 35.4 Å². The quantitative estimate of drug-likeness (QED) is 0.444. The molecule has 0 aliphatic heterocycles. The maximum Gasteiger partial charge on any atom is 0.573 e. The van der Waals surface area contributed by atoms with Gasteiger partial charge in [-0.15, -0.1) is 13.2 Å². The highest BCUT2D eigenvalue weighted by Crippen LogP contribution is 2.46. The lowest BCUT2D eigenvalue weighted by atomic mass is 9.70. The highest BCUT2D eigenvalue weighted by atomic mass is 19.4. The summed E-state index contributed by atoms with van der Waals surface area (Å²) in [5.74, 6) is 0.270. The van der Waals surface area contributed by atoms with Gasteiger partial charge >= 0.3 is 6.36 Å². The minimum absolute atomic E-state index is 0.148. The Morgan fingerprint density at radius 2 is 1.88 bits per heavy atom. The van der Waals surface area contributed by atoms with Gasteiger partial charge in [0.05, 0.1) is 11.0 Å². The molecule has 1 aliphatic carbocycles. The zero-order valence-corrected chi connectivity index (χ0v) is 19.7. The lowest BCUT2D eigenvalue weighted by Crippen LogP contribution is -2.29. The molecule has 1 saturated carbocycles. The summed E-state index contributed by atoms with van der Waals surface area (Å²) in [5, 5.41) is 3.26. The Balaban J connectivity index is 1.77. The number of hydrogen-bond donors (Lipinski definition) is 2. The lowest BCUT2D eigenvalue weighted by Gasteiger charge is -2.40. The van der Waals surface area contributed by atoms with Crippen molar-refractivity contribution in [2.24, 2.45) is 17.1 Å². The zero-order valence-electron chi connectivity index (χ0n) is 19.7. The number of hydrogen-bond acceptors (Lipinski definition) is 4. The number of imidazole rings is 1. The van der Waals surface area contributed by atoms with Gasteiger partial charge in [-0.05, 0) is 79.5 Å². The van der Waals surface area contributed by atoms with Crippen LogP contribution in [0.15, 0.2) is 36.4 Å². The van der Waals surface area contributed by atoms with E-state index < -0.39 is 12.3 Å². The maximum absolute atomic E-state index is 12.5. The number of benzene rings is 2. The molecule has 0 bridgehead atoms. The van der Waals surface area contributed by atoms with Crippen molar-refractivity contribution in [3.63, 3.8) is 0 Å². The van der Waals surface area contributed by atoms with E-state index in [1.54, 1.807) is 6.07 Å². The van der Waals surface area contributed by atoms with E-state index in [1.165, 1.54) is 24.3 Å². The predicted octanol–water partition coefficient (Wildman–Crippen LogP) is 6.47. The normalized spacial score (nSPS) is 20.3. The van der Waals surface area contributed by atoms with Crippen LogP contribution in [0.5, 0.6) is 5.75 Å². The Kier molecular flexibility index (Phi) is 5.99. The Morgan fingerprint density at radius 1 is 1.21 bits per heavy atom. The lowest BCUT2D eigenvalue weighted by molar-refractivity contribution is -0.274. The number of rotatable bonds is 5. The molecule has 6 nitrogen and oxygen atoms in total.